The highest BCUT2D eigenvalue weighted by molar-refractivity contribution is 5.47. The molecule has 0 bridgehead atoms. The molecule has 2 N–H and O–H groups in total. The molecule has 0 saturated carbocycles. The van der Waals surface area contributed by atoms with Gasteiger partial charge in [-0.15, -0.1) is 0 Å². The third-order valence-electron chi connectivity index (χ3n) is 4.48. The lowest BCUT2D eigenvalue weighted by Gasteiger charge is -2.24. The van der Waals surface area contributed by atoms with Gasteiger partial charge >= 0.3 is 0 Å². The van der Waals surface area contributed by atoms with E-state index in [0.717, 1.165) is 30.7 Å². The molecule has 22 heavy (non-hydrogen) atoms. The summed E-state index contributed by atoms with van der Waals surface area (Å²) in [7, 11) is 0. The second kappa shape index (κ2) is 7.35. The fourth-order valence-electron chi connectivity index (χ4n) is 2.84. The largest absolute Gasteiger partial charge is 0.457 e. The third-order valence-corrected chi connectivity index (χ3v) is 4.48. The van der Waals surface area contributed by atoms with Crippen molar-refractivity contribution in [1.82, 2.24) is 0 Å². The number of fused-ring (bicyclic) bond motifs is 1. The Labute approximate surface area is 134 Å². The minimum Gasteiger partial charge on any atom is -0.457 e. The Morgan fingerprint density at radius 2 is 2.09 bits per heavy atom. The molecule has 0 aliphatic carbocycles. The summed E-state index contributed by atoms with van der Waals surface area (Å²) in [6, 6.07) is 6.49. The Bertz CT molecular complexity index is 598. The zero-order chi connectivity index (χ0) is 16.1. The number of benzene rings is 1. The van der Waals surface area contributed by atoms with Gasteiger partial charge in [-0.1, -0.05) is 51.6 Å². The van der Waals surface area contributed by atoms with Gasteiger partial charge in [0.2, 0.25) is 0 Å². The summed E-state index contributed by atoms with van der Waals surface area (Å²) in [6.45, 7) is 10.7. The molecule has 0 aromatic heterocycles. The summed E-state index contributed by atoms with van der Waals surface area (Å²) in [5.74, 6) is 2.50. The summed E-state index contributed by atoms with van der Waals surface area (Å²) in [5, 5.41) is 0. The Hall–Kier alpha value is -1.96. The van der Waals surface area contributed by atoms with E-state index < -0.39 is 0 Å². The predicted octanol–water partition coefficient (Wildman–Crippen LogP) is 5.39. The van der Waals surface area contributed by atoms with Crippen LogP contribution in [0.1, 0.15) is 63.0 Å². The molecular weight excluding hydrogens is 270 g/mol. The van der Waals surface area contributed by atoms with E-state index in [0.29, 0.717) is 17.6 Å². The van der Waals surface area contributed by atoms with E-state index in [-0.39, 0.29) is 0 Å². The Morgan fingerprint density at radius 1 is 1.32 bits per heavy atom. The highest BCUT2D eigenvalue weighted by Gasteiger charge is 2.20. The van der Waals surface area contributed by atoms with Crippen LogP contribution in [0.15, 0.2) is 54.5 Å². The van der Waals surface area contributed by atoms with Crippen molar-refractivity contribution in [2.45, 2.75) is 51.9 Å². The van der Waals surface area contributed by atoms with Gasteiger partial charge < -0.3 is 10.5 Å². The van der Waals surface area contributed by atoms with Crippen molar-refractivity contribution in [1.29, 1.82) is 0 Å². The maximum atomic E-state index is 6.14. The van der Waals surface area contributed by atoms with Crippen molar-refractivity contribution in [3.8, 4) is 5.75 Å². The standard InChI is InChI=1S/C20H27NO/c1-5-14(3)18-8-7-9-19-16(6-2)11-13-17(21)12-10-15(4)22-20(18)19/h7-10,12-14,16H,4-6,11,21H2,1-3H3/b12-10-,17-13+. The first-order valence-electron chi connectivity index (χ1n) is 8.20. The fraction of sp³-hybridized carbons (Fsp3) is 0.400. The third kappa shape index (κ3) is 3.62. The minimum absolute atomic E-state index is 0.414. The predicted molar refractivity (Wildman–Crippen MR) is 94.0 cm³/mol. The van der Waals surface area contributed by atoms with Crippen molar-refractivity contribution in [3.05, 3.63) is 65.6 Å². The van der Waals surface area contributed by atoms with Gasteiger partial charge in [0, 0.05) is 5.70 Å². The van der Waals surface area contributed by atoms with E-state index in [1.807, 2.05) is 12.2 Å². The van der Waals surface area contributed by atoms with Gasteiger partial charge in [-0.05, 0) is 54.4 Å². The Kier molecular flexibility index (Phi) is 5.48. The number of rotatable bonds is 3. The molecule has 1 aliphatic rings. The molecule has 0 spiro atoms. The van der Waals surface area contributed by atoms with Crippen LogP contribution >= 0.6 is 0 Å². The van der Waals surface area contributed by atoms with E-state index >= 15 is 0 Å². The fourth-order valence-corrected chi connectivity index (χ4v) is 2.84. The van der Waals surface area contributed by atoms with Crippen molar-refractivity contribution < 1.29 is 4.74 Å². The van der Waals surface area contributed by atoms with Crippen LogP contribution in [0.4, 0.5) is 0 Å². The molecule has 0 amide bonds. The Balaban J connectivity index is 2.57. The number of nitrogens with two attached hydrogens (primary N) is 1. The summed E-state index contributed by atoms with van der Waals surface area (Å²) in [4.78, 5) is 0. The quantitative estimate of drug-likeness (QED) is 0.812. The van der Waals surface area contributed by atoms with Crippen LogP contribution in [0, 0.1) is 0 Å². The minimum atomic E-state index is 0.414. The zero-order valence-electron chi connectivity index (χ0n) is 13.9. The zero-order valence-corrected chi connectivity index (χ0v) is 13.9. The van der Waals surface area contributed by atoms with Gasteiger partial charge in [0.05, 0.1) is 0 Å². The average Bonchev–Trinajstić information content (AvgIpc) is 2.53. The molecule has 2 nitrogen and oxygen atoms in total. The first kappa shape index (κ1) is 16.4. The number of allylic oxidation sites excluding steroid dienone is 3. The second-order valence-corrected chi connectivity index (χ2v) is 6.02. The molecule has 2 rings (SSSR count). The monoisotopic (exact) mass is 297 g/mol. The maximum Gasteiger partial charge on any atom is 0.134 e. The molecular formula is C20H27NO. The molecule has 1 aromatic carbocycles. The molecule has 0 fully saturated rings. The second-order valence-electron chi connectivity index (χ2n) is 6.02. The van der Waals surface area contributed by atoms with Crippen LogP contribution in [-0.2, 0) is 0 Å². The van der Waals surface area contributed by atoms with Crippen molar-refractivity contribution >= 4 is 0 Å². The molecule has 2 atom stereocenters. The highest BCUT2D eigenvalue weighted by Crippen LogP contribution is 2.39. The van der Waals surface area contributed by atoms with E-state index in [1.165, 1.54) is 11.1 Å². The highest BCUT2D eigenvalue weighted by atomic mass is 16.5. The summed E-state index contributed by atoms with van der Waals surface area (Å²) < 4.78 is 6.14. The van der Waals surface area contributed by atoms with Crippen LogP contribution < -0.4 is 10.5 Å². The van der Waals surface area contributed by atoms with Gasteiger partial charge in [0.1, 0.15) is 11.5 Å². The molecule has 1 heterocycles. The molecule has 0 radical (unpaired) electrons. The molecule has 1 aliphatic heterocycles. The molecule has 2 unspecified atom stereocenters. The number of hydrogen-bond donors (Lipinski definition) is 1. The van der Waals surface area contributed by atoms with Crippen molar-refractivity contribution in [3.63, 3.8) is 0 Å². The van der Waals surface area contributed by atoms with Crippen LogP contribution in [0.3, 0.4) is 0 Å². The normalized spacial score (nSPS) is 23.7. The number of para-hydroxylation sites is 1. The van der Waals surface area contributed by atoms with Gasteiger partial charge in [0.15, 0.2) is 0 Å². The van der Waals surface area contributed by atoms with Crippen LogP contribution in [0.5, 0.6) is 5.75 Å². The topological polar surface area (TPSA) is 35.2 Å². The van der Waals surface area contributed by atoms with Crippen LogP contribution in [0.25, 0.3) is 0 Å². The summed E-state index contributed by atoms with van der Waals surface area (Å²) >= 11 is 0. The Morgan fingerprint density at radius 3 is 2.77 bits per heavy atom. The molecule has 0 saturated heterocycles. The lowest BCUT2D eigenvalue weighted by atomic mass is 9.87. The molecule has 1 aromatic rings. The van der Waals surface area contributed by atoms with E-state index in [1.54, 1.807) is 0 Å². The van der Waals surface area contributed by atoms with Crippen LogP contribution in [-0.4, -0.2) is 0 Å². The van der Waals surface area contributed by atoms with E-state index in [9.17, 15) is 0 Å². The van der Waals surface area contributed by atoms with Crippen molar-refractivity contribution in [2.75, 3.05) is 0 Å². The van der Waals surface area contributed by atoms with Gasteiger partial charge in [0.25, 0.3) is 0 Å². The molecule has 2 heteroatoms. The first-order chi connectivity index (χ1) is 10.6. The smallest absolute Gasteiger partial charge is 0.134 e. The lowest BCUT2D eigenvalue weighted by Crippen LogP contribution is -2.08. The van der Waals surface area contributed by atoms with E-state index in [4.69, 9.17) is 10.5 Å². The summed E-state index contributed by atoms with van der Waals surface area (Å²) in [6.07, 6.45) is 8.88. The number of hydrogen-bond acceptors (Lipinski definition) is 2. The van der Waals surface area contributed by atoms with E-state index in [2.05, 4.69) is 51.6 Å². The van der Waals surface area contributed by atoms with Gasteiger partial charge in [-0.25, -0.2) is 0 Å². The van der Waals surface area contributed by atoms with Gasteiger partial charge in [-0.3, -0.25) is 0 Å². The lowest BCUT2D eigenvalue weighted by molar-refractivity contribution is 0.424. The SMILES string of the molecule is C=C1/C=C\C(N)=C/CC(CC)c2cccc(C(C)CC)c2O1. The first-order valence-corrected chi connectivity index (χ1v) is 8.20. The van der Waals surface area contributed by atoms with Crippen molar-refractivity contribution in [2.24, 2.45) is 5.73 Å². The van der Waals surface area contributed by atoms with Crippen LogP contribution in [0.2, 0.25) is 0 Å². The maximum absolute atomic E-state index is 6.14. The number of ether oxygens (including phenoxy) is 1. The van der Waals surface area contributed by atoms with Gasteiger partial charge in [-0.2, -0.15) is 0 Å². The average molecular weight is 297 g/mol. The summed E-state index contributed by atoms with van der Waals surface area (Å²) in [5.41, 5.74) is 9.30. The molecule has 118 valence electrons.